The molecule has 0 radical (unpaired) electrons. The molecular weight excluding hydrogens is 758 g/mol. The third-order valence-electron chi connectivity index (χ3n) is 9.10. The number of ether oxygens (including phenoxy) is 2. The molecule has 2 atom stereocenters. The molecule has 8 nitrogen and oxygen atoms in total. The van der Waals surface area contributed by atoms with Gasteiger partial charge in [-0.25, -0.2) is 0 Å². The number of hydrogen-bond donors (Lipinski definition) is 0. The Balaban J connectivity index is 4.26. The second kappa shape index (κ2) is 42.1. The number of allylic oxidation sites excluding steroid dienone is 16. The van der Waals surface area contributed by atoms with E-state index in [1.807, 2.05) is 21.1 Å². The van der Waals surface area contributed by atoms with Crippen molar-refractivity contribution in [1.82, 2.24) is 0 Å². The highest BCUT2D eigenvalue weighted by atomic mass is 31.2. The molecular formula is C50H86NO7P. The van der Waals surface area contributed by atoms with Crippen molar-refractivity contribution < 1.29 is 37.3 Å². The standard InChI is InChI=1S/C50H86NO7P/c1-6-8-10-12-14-16-18-20-21-22-23-24-25-26-27-28-29-30-32-34-36-38-40-42-45-55-47-49(48-57-59(53,54)56-46-44-51(3,4)5)58-50(52)43-41-39-37-35-33-31-19-17-15-13-11-9-7-2/h8,10-11,13-14,16-17,19-21,23-24,26-27,29-30,49H,6-7,9,12,15,18,22,25,28,31-48H2,1-5H3/b10-8-,13-11-,16-14-,19-17-,21-20-,24-23-,27-26-,30-29-. The van der Waals surface area contributed by atoms with Crippen molar-refractivity contribution in [3.05, 3.63) is 97.2 Å². The number of quaternary nitrogens is 1. The average molecular weight is 844 g/mol. The molecule has 9 heteroatoms. The van der Waals surface area contributed by atoms with E-state index >= 15 is 0 Å². The zero-order chi connectivity index (χ0) is 43.4. The lowest BCUT2D eigenvalue weighted by atomic mass is 10.1. The highest BCUT2D eigenvalue weighted by molar-refractivity contribution is 7.45. The maximum atomic E-state index is 12.7. The Morgan fingerprint density at radius 2 is 0.983 bits per heavy atom. The second-order valence-corrected chi connectivity index (χ2v) is 17.4. The smallest absolute Gasteiger partial charge is 0.306 e. The minimum absolute atomic E-state index is 0.0132. The van der Waals surface area contributed by atoms with Gasteiger partial charge >= 0.3 is 5.97 Å². The molecule has 0 rings (SSSR count). The number of carbonyl (C=O) groups excluding carboxylic acids is 1. The fraction of sp³-hybridized carbons (Fsp3) is 0.660. The monoisotopic (exact) mass is 844 g/mol. The van der Waals surface area contributed by atoms with Crippen LogP contribution in [0.5, 0.6) is 0 Å². The van der Waals surface area contributed by atoms with Crippen LogP contribution in [0.25, 0.3) is 0 Å². The molecule has 0 aliphatic rings. The minimum Gasteiger partial charge on any atom is -0.756 e. The number of phosphoric ester groups is 1. The van der Waals surface area contributed by atoms with Gasteiger partial charge in [0.25, 0.3) is 7.82 Å². The van der Waals surface area contributed by atoms with Gasteiger partial charge in [0.1, 0.15) is 19.3 Å². The van der Waals surface area contributed by atoms with Crippen LogP contribution in [0.3, 0.4) is 0 Å². The van der Waals surface area contributed by atoms with Crippen molar-refractivity contribution in [2.24, 2.45) is 0 Å². The summed E-state index contributed by atoms with van der Waals surface area (Å²) in [5.74, 6) is -0.361. The fourth-order valence-corrected chi connectivity index (χ4v) is 6.31. The Hall–Kier alpha value is -2.58. The molecule has 59 heavy (non-hydrogen) atoms. The number of nitrogens with zero attached hydrogens (tertiary/aromatic N) is 1. The summed E-state index contributed by atoms with van der Waals surface area (Å²) in [5.41, 5.74) is 0. The number of unbranched alkanes of at least 4 members (excludes halogenated alkanes) is 11. The summed E-state index contributed by atoms with van der Waals surface area (Å²) >= 11 is 0. The third kappa shape index (κ3) is 46.3. The second-order valence-electron chi connectivity index (χ2n) is 16.0. The van der Waals surface area contributed by atoms with Gasteiger partial charge in [-0.1, -0.05) is 156 Å². The van der Waals surface area contributed by atoms with Crippen LogP contribution < -0.4 is 4.89 Å². The van der Waals surface area contributed by atoms with E-state index in [1.165, 1.54) is 19.3 Å². The predicted octanol–water partition coefficient (Wildman–Crippen LogP) is 13.2. The Kier molecular flexibility index (Phi) is 40.3. The van der Waals surface area contributed by atoms with Crippen molar-refractivity contribution in [3.8, 4) is 0 Å². The molecule has 0 aromatic heterocycles. The maximum Gasteiger partial charge on any atom is 0.306 e. The number of rotatable bonds is 41. The molecule has 0 spiro atoms. The highest BCUT2D eigenvalue weighted by Gasteiger charge is 2.20. The topological polar surface area (TPSA) is 94.1 Å². The van der Waals surface area contributed by atoms with E-state index in [2.05, 4.69) is 111 Å². The Morgan fingerprint density at radius 1 is 0.542 bits per heavy atom. The van der Waals surface area contributed by atoms with Crippen LogP contribution >= 0.6 is 7.82 Å². The summed E-state index contributed by atoms with van der Waals surface area (Å²) in [4.78, 5) is 25.0. The summed E-state index contributed by atoms with van der Waals surface area (Å²) in [6.45, 7) is 5.13. The summed E-state index contributed by atoms with van der Waals surface area (Å²) in [6.07, 6.45) is 57.1. The van der Waals surface area contributed by atoms with Crippen molar-refractivity contribution in [2.45, 2.75) is 161 Å². The minimum atomic E-state index is -4.54. The van der Waals surface area contributed by atoms with Gasteiger partial charge < -0.3 is 27.9 Å². The van der Waals surface area contributed by atoms with Crippen LogP contribution in [0, 0.1) is 0 Å². The van der Waals surface area contributed by atoms with E-state index in [4.69, 9.17) is 18.5 Å². The molecule has 0 bridgehead atoms. The molecule has 0 saturated heterocycles. The van der Waals surface area contributed by atoms with Crippen LogP contribution in [0.1, 0.15) is 155 Å². The van der Waals surface area contributed by atoms with Gasteiger partial charge in [0.15, 0.2) is 0 Å². The Labute approximate surface area is 362 Å². The van der Waals surface area contributed by atoms with E-state index in [-0.39, 0.29) is 32.2 Å². The molecule has 0 aliphatic heterocycles. The van der Waals surface area contributed by atoms with E-state index in [9.17, 15) is 14.3 Å². The van der Waals surface area contributed by atoms with E-state index in [1.54, 1.807) is 0 Å². The Bertz CT molecular complexity index is 1260. The summed E-state index contributed by atoms with van der Waals surface area (Å²) in [6, 6.07) is 0. The molecule has 0 fully saturated rings. The molecule has 0 amide bonds. The first kappa shape index (κ1) is 56.4. The summed E-state index contributed by atoms with van der Waals surface area (Å²) < 4.78 is 34.6. The van der Waals surface area contributed by atoms with E-state index < -0.39 is 13.9 Å². The van der Waals surface area contributed by atoms with Crippen molar-refractivity contribution >= 4 is 13.8 Å². The molecule has 0 aromatic carbocycles. The maximum absolute atomic E-state index is 12.7. The number of esters is 1. The first-order chi connectivity index (χ1) is 28.6. The number of carbonyl (C=O) groups is 1. The van der Waals surface area contributed by atoms with Crippen LogP contribution in [-0.2, 0) is 27.9 Å². The lowest BCUT2D eigenvalue weighted by molar-refractivity contribution is -0.870. The van der Waals surface area contributed by atoms with Crippen LogP contribution in [0.4, 0.5) is 0 Å². The molecule has 0 saturated carbocycles. The van der Waals surface area contributed by atoms with Gasteiger partial charge in [-0.3, -0.25) is 9.36 Å². The summed E-state index contributed by atoms with van der Waals surface area (Å²) in [5, 5.41) is 0. The average Bonchev–Trinajstić information content (AvgIpc) is 3.19. The van der Waals surface area contributed by atoms with Gasteiger partial charge in [0.2, 0.25) is 0 Å². The molecule has 0 aromatic rings. The first-order valence-corrected chi connectivity index (χ1v) is 24.4. The fourth-order valence-electron chi connectivity index (χ4n) is 5.59. The molecule has 0 heterocycles. The third-order valence-corrected chi connectivity index (χ3v) is 10.1. The van der Waals surface area contributed by atoms with Crippen LogP contribution in [0.2, 0.25) is 0 Å². The first-order valence-electron chi connectivity index (χ1n) is 23.0. The zero-order valence-corrected chi connectivity index (χ0v) is 39.1. The van der Waals surface area contributed by atoms with Crippen molar-refractivity contribution in [2.75, 3.05) is 54.1 Å². The largest absolute Gasteiger partial charge is 0.756 e. The Morgan fingerprint density at radius 3 is 1.47 bits per heavy atom. The van der Waals surface area contributed by atoms with Crippen LogP contribution in [-0.4, -0.2) is 70.7 Å². The van der Waals surface area contributed by atoms with Crippen molar-refractivity contribution in [1.29, 1.82) is 0 Å². The van der Waals surface area contributed by atoms with E-state index in [0.717, 1.165) is 116 Å². The molecule has 338 valence electrons. The quantitative estimate of drug-likeness (QED) is 0.0199. The number of likely N-dealkylation sites (N-methyl/N-ethyl adjacent to an activating group) is 1. The lowest BCUT2D eigenvalue weighted by Gasteiger charge is -2.28. The van der Waals surface area contributed by atoms with Gasteiger partial charge in [0, 0.05) is 13.0 Å². The molecule has 2 unspecified atom stereocenters. The van der Waals surface area contributed by atoms with Gasteiger partial charge in [0.05, 0.1) is 34.4 Å². The lowest BCUT2D eigenvalue weighted by Crippen LogP contribution is -2.37. The van der Waals surface area contributed by atoms with Gasteiger partial charge in [-0.05, 0) is 89.9 Å². The normalized spacial score (nSPS) is 14.6. The van der Waals surface area contributed by atoms with Crippen LogP contribution in [0.15, 0.2) is 97.2 Å². The molecule has 0 N–H and O–H groups in total. The molecule has 0 aliphatic carbocycles. The highest BCUT2D eigenvalue weighted by Crippen LogP contribution is 2.38. The SMILES string of the molecule is CC/C=C\C/C=C\C/C=C\C/C=C\C/C=C\C/C=C\CCCCCCCOCC(COP(=O)([O-])OCC[N+](C)(C)C)OC(=O)CCCCCCC/C=C\C/C=C\CCC. The summed E-state index contributed by atoms with van der Waals surface area (Å²) in [7, 11) is 1.31. The predicted molar refractivity (Wildman–Crippen MR) is 249 cm³/mol. The van der Waals surface area contributed by atoms with Gasteiger partial charge in [-0.15, -0.1) is 0 Å². The number of hydrogen-bond acceptors (Lipinski definition) is 7. The van der Waals surface area contributed by atoms with E-state index in [0.29, 0.717) is 17.6 Å². The zero-order valence-electron chi connectivity index (χ0n) is 38.2. The van der Waals surface area contributed by atoms with Gasteiger partial charge in [-0.2, -0.15) is 0 Å². The van der Waals surface area contributed by atoms with Crippen molar-refractivity contribution in [3.63, 3.8) is 0 Å². The number of phosphoric acid groups is 1.